The molecule has 0 atom stereocenters. The van der Waals surface area contributed by atoms with Crippen LogP contribution in [0.15, 0.2) is 6.07 Å². The minimum Gasteiger partial charge on any atom is -1.00 e. The van der Waals surface area contributed by atoms with E-state index in [0.29, 0.717) is 11.9 Å². The number of aryl methyl sites for hydroxylation is 1. The summed E-state index contributed by atoms with van der Waals surface area (Å²) in [5, 5.41) is 0. The molecule has 4 nitrogen and oxygen atoms in total. The summed E-state index contributed by atoms with van der Waals surface area (Å²) in [6.07, 6.45) is 0. The number of aromatic nitrogens is 2. The van der Waals surface area contributed by atoms with Gasteiger partial charge in [-0.3, -0.25) is 0 Å². The van der Waals surface area contributed by atoms with Crippen LogP contribution < -0.4 is 37.4 Å². The summed E-state index contributed by atoms with van der Waals surface area (Å²) in [6.45, 7) is 14.9. The van der Waals surface area contributed by atoms with Crippen molar-refractivity contribution in [1.29, 1.82) is 0 Å². The molecule has 0 bridgehead atoms. The Bertz CT molecular complexity index is 443. The number of halogens is 1. The van der Waals surface area contributed by atoms with Gasteiger partial charge < -0.3 is 32.8 Å². The highest BCUT2D eigenvalue weighted by molar-refractivity contribution is 6.70. The fourth-order valence-corrected chi connectivity index (χ4v) is 2.82. The standard InChI is InChI=1S/C12H25N2O2Si2.HI/c1-10-9-11(15-17(3,4)5)13-12(14(10)2)16-18(6,7)8;/h9H,1-8H3;1H/q+1;/p-1. The monoisotopic (exact) mass is 412 g/mol. The van der Waals surface area contributed by atoms with Crippen molar-refractivity contribution in [3.63, 3.8) is 0 Å². The third-order valence-corrected chi connectivity index (χ3v) is 3.78. The third-order valence-electron chi connectivity index (χ3n) is 2.16. The minimum atomic E-state index is -1.66. The van der Waals surface area contributed by atoms with Gasteiger partial charge in [0, 0.05) is 4.98 Å². The predicted octanol–water partition coefficient (Wildman–Crippen LogP) is -0.354. The van der Waals surface area contributed by atoms with E-state index in [9.17, 15) is 0 Å². The quantitative estimate of drug-likeness (QED) is 0.385. The van der Waals surface area contributed by atoms with E-state index in [4.69, 9.17) is 8.85 Å². The van der Waals surface area contributed by atoms with Crippen LogP contribution in [-0.4, -0.2) is 21.6 Å². The molecule has 0 fully saturated rings. The summed E-state index contributed by atoms with van der Waals surface area (Å²) >= 11 is 0. The van der Waals surface area contributed by atoms with Crippen molar-refractivity contribution in [2.75, 3.05) is 0 Å². The van der Waals surface area contributed by atoms with Gasteiger partial charge in [0.05, 0.1) is 13.1 Å². The molecule has 0 radical (unpaired) electrons. The first-order valence-corrected chi connectivity index (χ1v) is 13.1. The van der Waals surface area contributed by atoms with Crippen molar-refractivity contribution in [1.82, 2.24) is 4.98 Å². The smallest absolute Gasteiger partial charge is 0.488 e. The van der Waals surface area contributed by atoms with Crippen LogP contribution >= 0.6 is 0 Å². The van der Waals surface area contributed by atoms with E-state index in [1.165, 1.54) is 0 Å². The molecule has 0 saturated heterocycles. The lowest BCUT2D eigenvalue weighted by atomic mass is 10.4. The SMILES string of the molecule is Cc1cc(O[Si](C)(C)C)nc(O[Si](C)(C)C)[n+]1C.[I-]. The van der Waals surface area contributed by atoms with Gasteiger partial charge in [-0.05, 0) is 46.2 Å². The Balaban J connectivity index is 0.00000324. The summed E-state index contributed by atoms with van der Waals surface area (Å²) in [7, 11) is -1.33. The zero-order chi connectivity index (χ0) is 14.1. The van der Waals surface area contributed by atoms with Crippen LogP contribution in [-0.2, 0) is 7.05 Å². The second kappa shape index (κ2) is 6.53. The zero-order valence-electron chi connectivity index (χ0n) is 13.2. The fraction of sp³-hybridized carbons (Fsp3) is 0.667. The van der Waals surface area contributed by atoms with E-state index in [1.807, 2.05) is 24.6 Å². The largest absolute Gasteiger partial charge is 1.00 e. The first-order valence-electron chi connectivity index (χ1n) is 6.24. The predicted molar refractivity (Wildman–Crippen MR) is 78.1 cm³/mol. The normalized spacial score (nSPS) is 11.8. The Morgan fingerprint density at radius 2 is 1.47 bits per heavy atom. The maximum absolute atomic E-state index is 5.99. The second-order valence-electron chi connectivity index (χ2n) is 6.51. The van der Waals surface area contributed by atoms with Crippen LogP contribution in [0.3, 0.4) is 0 Å². The van der Waals surface area contributed by atoms with E-state index in [2.05, 4.69) is 44.3 Å². The second-order valence-corrected chi connectivity index (χ2v) is 15.4. The first-order chi connectivity index (χ1) is 7.98. The van der Waals surface area contributed by atoms with Gasteiger partial charge in [0.25, 0.3) is 8.32 Å². The molecule has 1 aromatic heterocycles. The maximum atomic E-state index is 5.99. The van der Waals surface area contributed by atoms with E-state index < -0.39 is 16.6 Å². The van der Waals surface area contributed by atoms with Crippen LogP contribution in [0.25, 0.3) is 0 Å². The van der Waals surface area contributed by atoms with Crippen LogP contribution in [0.4, 0.5) is 0 Å². The van der Waals surface area contributed by atoms with Crippen LogP contribution in [0, 0.1) is 6.92 Å². The molecule has 19 heavy (non-hydrogen) atoms. The molecular formula is C12H25IN2O2Si2. The maximum Gasteiger partial charge on any atom is 0.488 e. The van der Waals surface area contributed by atoms with E-state index in [1.54, 1.807) is 0 Å². The summed E-state index contributed by atoms with van der Waals surface area (Å²) in [5.41, 5.74) is 1.09. The highest BCUT2D eigenvalue weighted by atomic mass is 127. The number of hydrogen-bond donors (Lipinski definition) is 0. The zero-order valence-corrected chi connectivity index (χ0v) is 17.3. The molecular weight excluding hydrogens is 387 g/mol. The summed E-state index contributed by atoms with van der Waals surface area (Å²) < 4.78 is 13.9. The van der Waals surface area contributed by atoms with Crippen LogP contribution in [0.1, 0.15) is 5.69 Å². The summed E-state index contributed by atoms with van der Waals surface area (Å²) in [4.78, 5) is 4.49. The van der Waals surface area contributed by atoms with Gasteiger partial charge in [-0.25, -0.2) is 0 Å². The lowest BCUT2D eigenvalue weighted by Gasteiger charge is -2.18. The molecule has 0 N–H and O–H groups in total. The van der Waals surface area contributed by atoms with Gasteiger partial charge in [-0.1, -0.05) is 0 Å². The summed E-state index contributed by atoms with van der Waals surface area (Å²) in [6, 6.07) is 2.62. The lowest BCUT2D eigenvalue weighted by molar-refractivity contribution is -0.684. The molecule has 7 heteroatoms. The molecule has 1 aromatic rings. The lowest BCUT2D eigenvalue weighted by Crippen LogP contribution is -3.00. The van der Waals surface area contributed by atoms with Gasteiger partial charge in [0.1, 0.15) is 5.69 Å². The molecule has 0 aliphatic carbocycles. The Labute approximate surface area is 135 Å². The van der Waals surface area contributed by atoms with Gasteiger partial charge in [0.15, 0.2) is 0 Å². The van der Waals surface area contributed by atoms with Crippen molar-refractivity contribution in [3.05, 3.63) is 11.8 Å². The van der Waals surface area contributed by atoms with E-state index in [-0.39, 0.29) is 24.0 Å². The van der Waals surface area contributed by atoms with Crippen molar-refractivity contribution in [3.8, 4) is 11.9 Å². The van der Waals surface area contributed by atoms with Crippen LogP contribution in [0.5, 0.6) is 11.9 Å². The first kappa shape index (κ1) is 18.8. The number of hydrogen-bond acceptors (Lipinski definition) is 3. The van der Waals surface area contributed by atoms with Crippen LogP contribution in [0.2, 0.25) is 39.3 Å². The van der Waals surface area contributed by atoms with Gasteiger partial charge in [0.2, 0.25) is 8.32 Å². The summed E-state index contributed by atoms with van der Waals surface area (Å²) in [5.74, 6) is 0.679. The van der Waals surface area contributed by atoms with Crippen molar-refractivity contribution in [2.24, 2.45) is 7.05 Å². The van der Waals surface area contributed by atoms with Crippen molar-refractivity contribution < 1.29 is 37.4 Å². The van der Waals surface area contributed by atoms with E-state index in [0.717, 1.165) is 5.69 Å². The van der Waals surface area contributed by atoms with Crippen molar-refractivity contribution in [2.45, 2.75) is 46.2 Å². The average molecular weight is 412 g/mol. The molecule has 1 heterocycles. The minimum absolute atomic E-state index is 0. The number of rotatable bonds is 4. The molecule has 110 valence electrons. The van der Waals surface area contributed by atoms with Gasteiger partial charge in [-0.15, -0.1) is 0 Å². The Morgan fingerprint density at radius 3 is 1.89 bits per heavy atom. The molecule has 0 amide bonds. The highest BCUT2D eigenvalue weighted by Gasteiger charge is 2.28. The Morgan fingerprint density at radius 1 is 1.00 bits per heavy atom. The van der Waals surface area contributed by atoms with Gasteiger partial charge in [-0.2, -0.15) is 4.57 Å². The molecule has 0 saturated carbocycles. The number of nitrogens with zero attached hydrogens (tertiary/aromatic N) is 2. The van der Waals surface area contributed by atoms with E-state index >= 15 is 0 Å². The Hall–Kier alpha value is -0.156. The third kappa shape index (κ3) is 6.71. The Kier molecular flexibility index (Phi) is 6.48. The fourth-order valence-electron chi connectivity index (χ4n) is 1.36. The topological polar surface area (TPSA) is 35.2 Å². The van der Waals surface area contributed by atoms with Gasteiger partial charge >= 0.3 is 11.9 Å². The average Bonchev–Trinajstić information content (AvgIpc) is 2.08. The highest BCUT2D eigenvalue weighted by Crippen LogP contribution is 2.18. The molecule has 0 spiro atoms. The molecule has 0 aliphatic heterocycles. The molecule has 0 unspecified atom stereocenters. The molecule has 1 rings (SSSR count). The molecule has 0 aromatic carbocycles. The molecule has 0 aliphatic rings. The van der Waals surface area contributed by atoms with Crippen molar-refractivity contribution >= 4 is 16.6 Å².